The Morgan fingerprint density at radius 3 is 2.00 bits per heavy atom. The first-order valence-electron chi connectivity index (χ1n) is 5.47. The molecule has 90 valence electrons. The smallest absolute Gasteiger partial charge is 0.225 e. The van der Waals surface area contributed by atoms with Crippen molar-refractivity contribution >= 4 is 5.91 Å². The number of hydrogen-bond acceptors (Lipinski definition) is 2. The number of hydrogen-bond donors (Lipinski definition) is 1. The summed E-state index contributed by atoms with van der Waals surface area (Å²) in [5.41, 5.74) is -0.489. The Morgan fingerprint density at radius 1 is 1.20 bits per heavy atom. The molecule has 0 fully saturated rings. The molecule has 0 radical (unpaired) electrons. The lowest BCUT2D eigenvalue weighted by Crippen LogP contribution is -2.43. The van der Waals surface area contributed by atoms with Crippen molar-refractivity contribution in [3.63, 3.8) is 0 Å². The van der Waals surface area contributed by atoms with Gasteiger partial charge >= 0.3 is 0 Å². The average molecular weight is 215 g/mol. The quantitative estimate of drug-likeness (QED) is 0.785. The molecule has 0 saturated carbocycles. The van der Waals surface area contributed by atoms with E-state index in [2.05, 4.69) is 5.32 Å². The maximum atomic E-state index is 11.6. The fourth-order valence-corrected chi connectivity index (χ4v) is 0.857. The van der Waals surface area contributed by atoms with E-state index in [-0.39, 0.29) is 23.0 Å². The SMILES string of the molecule is CC(COC(C)(C)C)NC(=O)C(C)(C)C. The highest BCUT2D eigenvalue weighted by atomic mass is 16.5. The summed E-state index contributed by atoms with van der Waals surface area (Å²) < 4.78 is 5.59. The van der Waals surface area contributed by atoms with Crippen LogP contribution in [0, 0.1) is 5.41 Å². The number of amides is 1. The maximum Gasteiger partial charge on any atom is 0.225 e. The van der Waals surface area contributed by atoms with E-state index in [1.54, 1.807) is 0 Å². The number of carbonyl (C=O) groups excluding carboxylic acids is 1. The van der Waals surface area contributed by atoms with Gasteiger partial charge in [0.1, 0.15) is 0 Å². The zero-order chi connectivity index (χ0) is 12.3. The largest absolute Gasteiger partial charge is 0.374 e. The standard InChI is InChI=1S/C12H25NO2/c1-9(8-15-12(5,6)7)13-10(14)11(2,3)4/h9H,8H2,1-7H3,(H,13,14). The van der Waals surface area contributed by atoms with Crippen LogP contribution in [-0.2, 0) is 9.53 Å². The highest BCUT2D eigenvalue weighted by Crippen LogP contribution is 2.13. The van der Waals surface area contributed by atoms with Gasteiger partial charge in [-0.3, -0.25) is 4.79 Å². The lowest BCUT2D eigenvalue weighted by Gasteiger charge is -2.25. The third-order valence-electron chi connectivity index (χ3n) is 1.83. The van der Waals surface area contributed by atoms with Gasteiger partial charge in [0.25, 0.3) is 0 Å². The van der Waals surface area contributed by atoms with Crippen LogP contribution in [0.4, 0.5) is 0 Å². The lowest BCUT2D eigenvalue weighted by molar-refractivity contribution is -0.130. The second-order valence-electron chi connectivity index (χ2n) is 6.05. The molecule has 0 aromatic rings. The van der Waals surface area contributed by atoms with Crippen LogP contribution < -0.4 is 5.32 Å². The Hall–Kier alpha value is -0.570. The number of carbonyl (C=O) groups is 1. The fourth-order valence-electron chi connectivity index (χ4n) is 0.857. The normalized spacial score (nSPS) is 14.9. The van der Waals surface area contributed by atoms with Gasteiger partial charge in [0.15, 0.2) is 0 Å². The van der Waals surface area contributed by atoms with Crippen molar-refractivity contribution in [3.05, 3.63) is 0 Å². The molecule has 0 aliphatic heterocycles. The van der Waals surface area contributed by atoms with E-state index in [0.717, 1.165) is 0 Å². The molecule has 15 heavy (non-hydrogen) atoms. The topological polar surface area (TPSA) is 38.3 Å². The highest BCUT2D eigenvalue weighted by Gasteiger charge is 2.23. The van der Waals surface area contributed by atoms with Gasteiger partial charge in [0.2, 0.25) is 5.91 Å². The van der Waals surface area contributed by atoms with Gasteiger partial charge in [-0.25, -0.2) is 0 Å². The molecule has 0 saturated heterocycles. The van der Waals surface area contributed by atoms with Crippen molar-refractivity contribution in [1.29, 1.82) is 0 Å². The summed E-state index contributed by atoms with van der Waals surface area (Å²) in [4.78, 5) is 11.6. The summed E-state index contributed by atoms with van der Waals surface area (Å²) in [5.74, 6) is 0.0625. The van der Waals surface area contributed by atoms with Crippen molar-refractivity contribution < 1.29 is 9.53 Å². The first-order valence-corrected chi connectivity index (χ1v) is 5.47. The van der Waals surface area contributed by atoms with Crippen molar-refractivity contribution in [3.8, 4) is 0 Å². The van der Waals surface area contributed by atoms with Gasteiger partial charge in [-0.2, -0.15) is 0 Å². The van der Waals surface area contributed by atoms with E-state index < -0.39 is 0 Å². The van der Waals surface area contributed by atoms with Crippen molar-refractivity contribution in [2.75, 3.05) is 6.61 Å². The van der Waals surface area contributed by atoms with Crippen LogP contribution in [0.2, 0.25) is 0 Å². The summed E-state index contributed by atoms with van der Waals surface area (Å²) in [6.07, 6.45) is 0. The van der Waals surface area contributed by atoms with Crippen LogP contribution in [-0.4, -0.2) is 24.2 Å². The summed E-state index contributed by atoms with van der Waals surface area (Å²) in [7, 11) is 0. The van der Waals surface area contributed by atoms with E-state index in [9.17, 15) is 4.79 Å². The molecule has 1 amide bonds. The second kappa shape index (κ2) is 4.97. The van der Waals surface area contributed by atoms with Gasteiger partial charge in [0.05, 0.1) is 12.2 Å². The van der Waals surface area contributed by atoms with E-state index >= 15 is 0 Å². The molecule has 3 nitrogen and oxygen atoms in total. The Balaban J connectivity index is 3.95. The van der Waals surface area contributed by atoms with Crippen LogP contribution in [0.15, 0.2) is 0 Å². The number of nitrogens with one attached hydrogen (secondary N) is 1. The van der Waals surface area contributed by atoms with Gasteiger partial charge in [-0.05, 0) is 27.7 Å². The zero-order valence-electron chi connectivity index (χ0n) is 11.1. The molecule has 1 N–H and O–H groups in total. The molecular weight excluding hydrogens is 190 g/mol. The molecule has 0 spiro atoms. The van der Waals surface area contributed by atoms with Crippen molar-refractivity contribution in [2.45, 2.75) is 60.1 Å². The summed E-state index contributed by atoms with van der Waals surface area (Å²) >= 11 is 0. The monoisotopic (exact) mass is 215 g/mol. The molecule has 0 bridgehead atoms. The van der Waals surface area contributed by atoms with E-state index in [4.69, 9.17) is 4.74 Å². The first-order chi connectivity index (χ1) is 6.52. The van der Waals surface area contributed by atoms with Crippen LogP contribution in [0.1, 0.15) is 48.5 Å². The molecule has 1 unspecified atom stereocenters. The predicted octanol–water partition coefficient (Wildman–Crippen LogP) is 2.35. The molecule has 0 heterocycles. The lowest BCUT2D eigenvalue weighted by atomic mass is 9.95. The minimum atomic E-state index is -0.337. The molecule has 0 aliphatic carbocycles. The predicted molar refractivity (Wildman–Crippen MR) is 62.8 cm³/mol. The first kappa shape index (κ1) is 14.4. The number of rotatable bonds is 3. The molecule has 0 aromatic heterocycles. The highest BCUT2D eigenvalue weighted by molar-refractivity contribution is 5.81. The number of ether oxygens (including phenoxy) is 1. The van der Waals surface area contributed by atoms with Gasteiger partial charge < -0.3 is 10.1 Å². The average Bonchev–Trinajstić information content (AvgIpc) is 1.97. The minimum Gasteiger partial charge on any atom is -0.374 e. The van der Waals surface area contributed by atoms with Crippen LogP contribution in [0.5, 0.6) is 0 Å². The van der Waals surface area contributed by atoms with Crippen LogP contribution in [0.3, 0.4) is 0 Å². The van der Waals surface area contributed by atoms with Gasteiger partial charge in [0, 0.05) is 11.5 Å². The summed E-state index contributed by atoms with van der Waals surface area (Å²) in [5, 5.41) is 2.93. The molecule has 1 atom stereocenters. The maximum absolute atomic E-state index is 11.6. The van der Waals surface area contributed by atoms with Crippen LogP contribution >= 0.6 is 0 Å². The minimum absolute atomic E-state index is 0.0518. The Labute approximate surface area is 93.6 Å². The third-order valence-corrected chi connectivity index (χ3v) is 1.83. The van der Waals surface area contributed by atoms with Crippen molar-refractivity contribution in [1.82, 2.24) is 5.32 Å². The zero-order valence-corrected chi connectivity index (χ0v) is 11.1. The molecule has 0 aromatic carbocycles. The Bertz CT molecular complexity index is 211. The molecule has 0 aliphatic rings. The molecule has 3 heteroatoms. The fraction of sp³-hybridized carbons (Fsp3) is 0.917. The second-order valence-corrected chi connectivity index (χ2v) is 6.05. The summed E-state index contributed by atoms with van der Waals surface area (Å²) in [6, 6.07) is 0.0518. The van der Waals surface area contributed by atoms with E-state index in [1.165, 1.54) is 0 Å². The van der Waals surface area contributed by atoms with Crippen LogP contribution in [0.25, 0.3) is 0 Å². The van der Waals surface area contributed by atoms with E-state index in [0.29, 0.717) is 6.61 Å². The van der Waals surface area contributed by atoms with Gasteiger partial charge in [-0.15, -0.1) is 0 Å². The Kier molecular flexibility index (Phi) is 4.78. The molecule has 0 rings (SSSR count). The summed E-state index contributed by atoms with van der Waals surface area (Å²) in [6.45, 7) is 14.2. The van der Waals surface area contributed by atoms with Crippen molar-refractivity contribution in [2.24, 2.45) is 5.41 Å². The molecular formula is C12H25NO2. The third kappa shape index (κ3) is 7.37. The van der Waals surface area contributed by atoms with E-state index in [1.807, 2.05) is 48.5 Å². The Morgan fingerprint density at radius 2 is 1.67 bits per heavy atom. The van der Waals surface area contributed by atoms with Gasteiger partial charge in [-0.1, -0.05) is 20.8 Å².